The van der Waals surface area contributed by atoms with Crippen molar-refractivity contribution in [3.63, 3.8) is 0 Å². The van der Waals surface area contributed by atoms with Crippen molar-refractivity contribution in [1.82, 2.24) is 5.32 Å². The van der Waals surface area contributed by atoms with Crippen LogP contribution in [0.5, 0.6) is 5.75 Å². The molecule has 0 aliphatic carbocycles. The van der Waals surface area contributed by atoms with E-state index >= 15 is 0 Å². The smallest absolute Gasteiger partial charge is 0.323 e. The topological polar surface area (TPSA) is 58.6 Å². The zero-order chi connectivity index (χ0) is 12.0. The fraction of sp³-hybridized carbons (Fsp3) is 0.417. The number of methoxy groups -OCH3 is 1. The molecule has 4 nitrogen and oxygen atoms in total. The molecule has 0 spiro atoms. The molecule has 90 valence electrons. The lowest BCUT2D eigenvalue weighted by Crippen LogP contribution is -2.39. The number of likely N-dealkylation sites (N-methyl/N-ethyl adjacent to an activating group) is 1. The van der Waals surface area contributed by atoms with Crippen LogP contribution in [0.25, 0.3) is 0 Å². The predicted octanol–water partition coefficient (Wildman–Crippen LogP) is 1.33. The first-order valence-corrected chi connectivity index (χ1v) is 5.26. The van der Waals surface area contributed by atoms with Crippen LogP contribution < -0.4 is 5.32 Å². The van der Waals surface area contributed by atoms with Crippen molar-refractivity contribution < 1.29 is 16.1 Å². The average Bonchev–Trinajstić information content (AvgIpc) is 2.30. The number of hydrogen-bond acceptors (Lipinski definition) is 4. The number of carbonyl (C=O) groups excluding carboxylic acids is 1. The van der Waals surface area contributed by atoms with Gasteiger partial charge in [0.25, 0.3) is 0 Å². The van der Waals surface area contributed by atoms with Crippen LogP contribution in [0.3, 0.4) is 0 Å². The first-order chi connectivity index (χ1) is 7.67. The maximum absolute atomic E-state index is 11.4. The Kier molecular flexibility index (Phi) is 4.79. The Morgan fingerprint density at radius 1 is 1.50 bits per heavy atom. The van der Waals surface area contributed by atoms with Crippen LogP contribution in [0.1, 0.15) is 13.9 Å². The molecule has 0 bridgehead atoms. The van der Waals surface area contributed by atoms with E-state index in [0.29, 0.717) is 13.0 Å². The summed E-state index contributed by atoms with van der Waals surface area (Å²) >= 11 is 0. The largest absolute Gasteiger partial charge is 0.508 e. The quantitative estimate of drug-likeness (QED) is 0.742. The van der Waals surface area contributed by atoms with Gasteiger partial charge in [0, 0.05) is 1.43 Å². The fourth-order valence-corrected chi connectivity index (χ4v) is 1.50. The highest BCUT2D eigenvalue weighted by atomic mass is 16.5. The fourth-order valence-electron chi connectivity index (χ4n) is 1.50. The summed E-state index contributed by atoms with van der Waals surface area (Å²) in [5.74, 6) is -0.0447. The van der Waals surface area contributed by atoms with Crippen molar-refractivity contribution in [2.75, 3.05) is 13.7 Å². The van der Waals surface area contributed by atoms with Gasteiger partial charge in [0.1, 0.15) is 11.8 Å². The molecule has 0 aliphatic rings. The van der Waals surface area contributed by atoms with E-state index in [1.54, 1.807) is 24.3 Å². The third-order valence-electron chi connectivity index (χ3n) is 2.31. The summed E-state index contributed by atoms with van der Waals surface area (Å²) in [5, 5.41) is 12.2. The SMILES string of the molecule is CCNC(Cc1ccc(O)cc1)C(=O)OC.[HH]. The number of ether oxygens (including phenoxy) is 1. The first-order valence-electron chi connectivity index (χ1n) is 5.26. The molecule has 0 fully saturated rings. The van der Waals surface area contributed by atoms with Gasteiger partial charge in [0.2, 0.25) is 0 Å². The van der Waals surface area contributed by atoms with Crippen molar-refractivity contribution in [2.45, 2.75) is 19.4 Å². The van der Waals surface area contributed by atoms with Crippen molar-refractivity contribution >= 4 is 5.97 Å². The van der Waals surface area contributed by atoms with Crippen LogP contribution in [0.15, 0.2) is 24.3 Å². The maximum Gasteiger partial charge on any atom is 0.323 e. The molecule has 1 rings (SSSR count). The molecule has 2 N–H and O–H groups in total. The highest BCUT2D eigenvalue weighted by Crippen LogP contribution is 2.11. The number of phenolic OH excluding ortho intramolecular Hbond substituents is 1. The molecule has 0 saturated carbocycles. The van der Waals surface area contributed by atoms with Gasteiger partial charge in [0.05, 0.1) is 7.11 Å². The van der Waals surface area contributed by atoms with Gasteiger partial charge >= 0.3 is 5.97 Å². The molecule has 1 atom stereocenters. The van der Waals surface area contributed by atoms with Gasteiger partial charge < -0.3 is 15.2 Å². The number of benzene rings is 1. The molecule has 4 heteroatoms. The Balaban J connectivity index is 0.00000256. The van der Waals surface area contributed by atoms with Crippen molar-refractivity contribution in [2.24, 2.45) is 0 Å². The molecular weight excluding hydrogens is 206 g/mol. The third kappa shape index (κ3) is 3.55. The monoisotopic (exact) mass is 225 g/mol. The Bertz CT molecular complexity index is 340. The number of rotatable bonds is 5. The number of carbonyl (C=O) groups is 1. The van der Waals surface area contributed by atoms with Crippen molar-refractivity contribution in [3.05, 3.63) is 29.8 Å². The summed E-state index contributed by atoms with van der Waals surface area (Å²) in [6, 6.07) is 6.47. The minimum absolute atomic E-state index is 0. The lowest BCUT2D eigenvalue weighted by molar-refractivity contribution is -0.143. The average molecular weight is 225 g/mol. The van der Waals surface area contributed by atoms with Gasteiger partial charge in [-0.2, -0.15) is 0 Å². The molecule has 1 aromatic carbocycles. The summed E-state index contributed by atoms with van der Waals surface area (Å²) in [4.78, 5) is 11.4. The Morgan fingerprint density at radius 2 is 2.12 bits per heavy atom. The Hall–Kier alpha value is -1.55. The molecule has 0 amide bonds. The van der Waals surface area contributed by atoms with Gasteiger partial charge in [-0.15, -0.1) is 0 Å². The summed E-state index contributed by atoms with van der Waals surface area (Å²) < 4.78 is 4.71. The normalized spacial score (nSPS) is 12.1. The van der Waals surface area contributed by atoms with Crippen LogP contribution in [0.2, 0.25) is 0 Å². The molecule has 0 aliphatic heterocycles. The van der Waals surface area contributed by atoms with E-state index in [-0.39, 0.29) is 19.2 Å². The van der Waals surface area contributed by atoms with E-state index in [4.69, 9.17) is 9.84 Å². The molecule has 0 radical (unpaired) electrons. The van der Waals surface area contributed by atoms with E-state index in [0.717, 1.165) is 5.56 Å². The van der Waals surface area contributed by atoms with E-state index in [1.807, 2.05) is 6.92 Å². The van der Waals surface area contributed by atoms with E-state index in [9.17, 15) is 4.79 Å². The first kappa shape index (κ1) is 12.5. The molecule has 0 heterocycles. The van der Waals surface area contributed by atoms with Crippen LogP contribution >= 0.6 is 0 Å². The van der Waals surface area contributed by atoms with Crippen molar-refractivity contribution in [3.8, 4) is 5.75 Å². The highest BCUT2D eigenvalue weighted by molar-refractivity contribution is 5.76. The summed E-state index contributed by atoms with van der Waals surface area (Å²) in [6.45, 7) is 2.64. The van der Waals surface area contributed by atoms with Gasteiger partial charge in [-0.25, -0.2) is 0 Å². The molecule has 0 aromatic heterocycles. The second-order valence-electron chi connectivity index (χ2n) is 3.50. The number of esters is 1. The predicted molar refractivity (Wildman–Crippen MR) is 63.4 cm³/mol. The van der Waals surface area contributed by atoms with Crippen LogP contribution in [-0.2, 0) is 16.0 Å². The molecular formula is C12H19NO3. The standard InChI is InChI=1S/C12H17NO3.H2/c1-3-13-11(12(15)16-2)8-9-4-6-10(14)7-5-9;/h4-7,11,13-14H,3,8H2,1-2H3;1H. The molecule has 1 aromatic rings. The van der Waals surface area contributed by atoms with E-state index < -0.39 is 0 Å². The molecule has 0 saturated heterocycles. The zero-order valence-corrected chi connectivity index (χ0v) is 9.56. The van der Waals surface area contributed by atoms with Crippen LogP contribution in [-0.4, -0.2) is 30.8 Å². The summed E-state index contributed by atoms with van der Waals surface area (Å²) in [5.41, 5.74) is 0.981. The molecule has 1 unspecified atom stereocenters. The van der Waals surface area contributed by atoms with Gasteiger partial charge in [0.15, 0.2) is 0 Å². The lowest BCUT2D eigenvalue weighted by Gasteiger charge is -2.15. The Labute approximate surface area is 96.7 Å². The number of hydrogen-bond donors (Lipinski definition) is 2. The lowest BCUT2D eigenvalue weighted by atomic mass is 10.1. The van der Waals surface area contributed by atoms with Gasteiger partial charge in [-0.05, 0) is 30.7 Å². The van der Waals surface area contributed by atoms with Gasteiger partial charge in [-0.1, -0.05) is 19.1 Å². The van der Waals surface area contributed by atoms with E-state index in [2.05, 4.69) is 5.32 Å². The number of nitrogens with one attached hydrogen (secondary N) is 1. The number of aromatic hydroxyl groups is 1. The minimum Gasteiger partial charge on any atom is -0.508 e. The van der Waals surface area contributed by atoms with Crippen LogP contribution in [0.4, 0.5) is 0 Å². The second kappa shape index (κ2) is 6.12. The molecule has 16 heavy (non-hydrogen) atoms. The summed E-state index contributed by atoms with van der Waals surface area (Å²) in [7, 11) is 1.38. The second-order valence-corrected chi connectivity index (χ2v) is 3.50. The van der Waals surface area contributed by atoms with Crippen LogP contribution in [0, 0.1) is 0 Å². The maximum atomic E-state index is 11.4. The third-order valence-corrected chi connectivity index (χ3v) is 2.31. The Morgan fingerprint density at radius 3 is 2.62 bits per heavy atom. The van der Waals surface area contributed by atoms with Crippen molar-refractivity contribution in [1.29, 1.82) is 0 Å². The number of phenols is 1. The highest BCUT2D eigenvalue weighted by Gasteiger charge is 2.17. The zero-order valence-electron chi connectivity index (χ0n) is 9.56. The van der Waals surface area contributed by atoms with Gasteiger partial charge in [-0.3, -0.25) is 4.79 Å². The van der Waals surface area contributed by atoms with E-state index in [1.165, 1.54) is 7.11 Å². The summed E-state index contributed by atoms with van der Waals surface area (Å²) in [6.07, 6.45) is 0.556. The minimum atomic E-state index is -0.334.